The standard InChI is InChI=1S/C20H24F3N6O3S2/c1-12-6-13(8-14(7-12)26-18-25-5-4-16(27-18)20(21,22)23)15-9-29(2,3)17(33-15)19(10-32-11-19)28-34(24,30)31/h4-9,17,28H,10-11H2,1-3H3,(H2,24,30,31)(H,25,26,27)/q+1. The Morgan fingerprint density at radius 3 is 2.56 bits per heavy atom. The number of nitrogens with zero attached hydrogens (tertiary/aromatic N) is 3. The van der Waals surface area contributed by atoms with Gasteiger partial charge < -0.3 is 10.1 Å². The van der Waals surface area contributed by atoms with Crippen molar-refractivity contribution in [2.45, 2.75) is 24.0 Å². The van der Waals surface area contributed by atoms with E-state index in [-0.39, 0.29) is 24.5 Å². The summed E-state index contributed by atoms with van der Waals surface area (Å²) >= 11 is 1.49. The number of rotatable bonds is 6. The first-order chi connectivity index (χ1) is 15.7. The third kappa shape index (κ3) is 5.21. The van der Waals surface area contributed by atoms with E-state index in [0.717, 1.165) is 28.3 Å². The number of nitrogens with two attached hydrogens (primary N) is 1. The van der Waals surface area contributed by atoms with Crippen LogP contribution in [-0.2, 0) is 21.1 Å². The maximum absolute atomic E-state index is 13.0. The number of aromatic nitrogens is 2. The van der Waals surface area contributed by atoms with Gasteiger partial charge in [-0.1, -0.05) is 17.8 Å². The molecule has 4 rings (SSSR count). The van der Waals surface area contributed by atoms with Crippen molar-refractivity contribution in [1.82, 2.24) is 14.7 Å². The molecule has 0 radical (unpaired) electrons. The van der Waals surface area contributed by atoms with Gasteiger partial charge in [0.25, 0.3) is 10.2 Å². The Balaban J connectivity index is 1.61. The number of nitrogens with one attached hydrogen (secondary N) is 2. The number of hydrogen-bond acceptors (Lipinski definition) is 7. The zero-order chi connectivity index (χ0) is 24.9. The molecule has 4 N–H and O–H groups in total. The highest BCUT2D eigenvalue weighted by molar-refractivity contribution is 8.09. The molecular formula is C20H24F3N6O3S2+. The van der Waals surface area contributed by atoms with Crippen molar-refractivity contribution >= 4 is 38.5 Å². The maximum Gasteiger partial charge on any atom is 0.433 e. The topological polar surface area (TPSA) is 119 Å². The van der Waals surface area contributed by atoms with Crippen molar-refractivity contribution < 1.29 is 30.8 Å². The lowest BCUT2D eigenvalue weighted by molar-refractivity contribution is -0.853. The zero-order valence-electron chi connectivity index (χ0n) is 18.5. The lowest BCUT2D eigenvalue weighted by Crippen LogP contribution is -2.73. The summed E-state index contributed by atoms with van der Waals surface area (Å²) in [7, 11) is -0.0641. The lowest BCUT2D eigenvalue weighted by Gasteiger charge is -2.48. The Bertz CT molecular complexity index is 1250. The van der Waals surface area contributed by atoms with Gasteiger partial charge in [-0.25, -0.2) is 15.1 Å². The van der Waals surface area contributed by atoms with Crippen molar-refractivity contribution in [2.24, 2.45) is 5.14 Å². The van der Waals surface area contributed by atoms with E-state index in [9.17, 15) is 21.6 Å². The van der Waals surface area contributed by atoms with Crippen molar-refractivity contribution in [3.63, 3.8) is 0 Å². The fourth-order valence-corrected chi connectivity index (χ4v) is 6.56. The molecule has 1 aromatic carbocycles. The molecule has 0 aliphatic carbocycles. The molecule has 34 heavy (non-hydrogen) atoms. The number of thioether (sulfide) groups is 1. The molecule has 3 heterocycles. The van der Waals surface area contributed by atoms with Crippen molar-refractivity contribution in [3.8, 4) is 0 Å². The molecule has 2 aliphatic rings. The third-order valence-electron chi connectivity index (χ3n) is 5.39. The number of halogens is 3. The minimum atomic E-state index is -4.58. The van der Waals surface area contributed by atoms with E-state index in [2.05, 4.69) is 20.0 Å². The molecule has 0 bridgehead atoms. The summed E-state index contributed by atoms with van der Waals surface area (Å²) in [6, 6.07) is 6.31. The van der Waals surface area contributed by atoms with Crippen LogP contribution in [0.25, 0.3) is 4.91 Å². The summed E-state index contributed by atoms with van der Waals surface area (Å²) in [5.74, 6) is -0.170. The van der Waals surface area contributed by atoms with E-state index in [1.807, 2.05) is 33.3 Å². The zero-order valence-corrected chi connectivity index (χ0v) is 20.2. The van der Waals surface area contributed by atoms with Crippen LogP contribution in [0.5, 0.6) is 0 Å². The third-order valence-corrected chi connectivity index (χ3v) is 7.90. The molecule has 2 aliphatic heterocycles. The Morgan fingerprint density at radius 2 is 1.97 bits per heavy atom. The highest BCUT2D eigenvalue weighted by atomic mass is 32.2. The van der Waals surface area contributed by atoms with Crippen molar-refractivity contribution in [2.75, 3.05) is 32.6 Å². The number of hydrogen-bond donors (Lipinski definition) is 3. The van der Waals surface area contributed by atoms with E-state index in [1.165, 1.54) is 11.8 Å². The number of quaternary nitrogens is 1. The Morgan fingerprint density at radius 1 is 1.26 bits per heavy atom. The minimum Gasteiger partial charge on any atom is -0.377 e. The van der Waals surface area contributed by atoms with Crippen LogP contribution in [0.2, 0.25) is 0 Å². The number of alkyl halides is 3. The smallest absolute Gasteiger partial charge is 0.377 e. The normalized spacial score (nSPS) is 21.6. The molecule has 0 spiro atoms. The molecule has 1 saturated heterocycles. The molecule has 1 aromatic heterocycles. The Labute approximate surface area is 199 Å². The summed E-state index contributed by atoms with van der Waals surface area (Å²) in [5.41, 5.74) is 0.306. The number of aryl methyl sites for hydroxylation is 1. The van der Waals surface area contributed by atoms with Crippen LogP contribution in [0.1, 0.15) is 16.8 Å². The van der Waals surface area contributed by atoms with Gasteiger partial charge >= 0.3 is 6.18 Å². The molecule has 1 unspecified atom stereocenters. The maximum atomic E-state index is 13.0. The average molecular weight is 518 g/mol. The van der Waals surface area contributed by atoms with Gasteiger partial charge in [-0.05, 0) is 36.2 Å². The van der Waals surface area contributed by atoms with Crippen molar-refractivity contribution in [3.05, 3.63) is 53.5 Å². The molecule has 1 atom stereocenters. The van der Waals surface area contributed by atoms with Crippen LogP contribution >= 0.6 is 11.8 Å². The van der Waals surface area contributed by atoms with Crippen molar-refractivity contribution in [1.29, 1.82) is 0 Å². The summed E-state index contributed by atoms with van der Waals surface area (Å²) in [6.45, 7) is 2.25. The molecule has 184 valence electrons. The first-order valence-corrected chi connectivity index (χ1v) is 12.5. The van der Waals surface area contributed by atoms with Crippen LogP contribution in [0.4, 0.5) is 24.8 Å². The van der Waals surface area contributed by atoms with Gasteiger partial charge in [0.1, 0.15) is 17.4 Å². The fraction of sp³-hybridized carbons (Fsp3) is 0.400. The number of anilines is 2. The molecule has 2 aromatic rings. The first-order valence-electron chi connectivity index (χ1n) is 10.1. The van der Waals surface area contributed by atoms with Crippen LogP contribution < -0.4 is 15.2 Å². The first kappa shape index (κ1) is 24.9. The van der Waals surface area contributed by atoms with E-state index in [1.54, 1.807) is 12.1 Å². The van der Waals surface area contributed by atoms with E-state index in [0.29, 0.717) is 10.2 Å². The van der Waals surface area contributed by atoms with Gasteiger partial charge in [-0.3, -0.25) is 4.48 Å². The molecular weight excluding hydrogens is 493 g/mol. The van der Waals surface area contributed by atoms with Gasteiger partial charge in [0.2, 0.25) is 5.95 Å². The summed E-state index contributed by atoms with van der Waals surface area (Å²) in [5, 5.41) is 7.86. The van der Waals surface area contributed by atoms with Gasteiger partial charge in [0.05, 0.1) is 32.2 Å². The summed E-state index contributed by atoms with van der Waals surface area (Å²) < 4.78 is 70.8. The monoisotopic (exact) mass is 517 g/mol. The van der Waals surface area contributed by atoms with Crippen LogP contribution in [-0.4, -0.2) is 61.1 Å². The second-order valence-electron chi connectivity index (χ2n) is 8.86. The Hall–Kier alpha value is -2.23. The molecule has 14 heteroatoms. The number of likely N-dealkylation sites (N-methyl/N-ethyl adjacent to an activating group) is 1. The predicted molar refractivity (Wildman–Crippen MR) is 123 cm³/mol. The SMILES string of the molecule is Cc1cc(Nc2nccc(C(F)(F)F)n2)cc(C2=C[N+](C)(C)C(C3(NS(N)(=O)=O)COC3)S2)c1. The van der Waals surface area contributed by atoms with E-state index >= 15 is 0 Å². The quantitative estimate of drug-likeness (QED) is 0.504. The van der Waals surface area contributed by atoms with Crippen LogP contribution in [0.15, 0.2) is 36.7 Å². The highest BCUT2D eigenvalue weighted by Gasteiger charge is 2.58. The second-order valence-corrected chi connectivity index (χ2v) is 11.3. The summed E-state index contributed by atoms with van der Waals surface area (Å²) in [4.78, 5) is 8.33. The second kappa shape index (κ2) is 8.46. The Kier molecular flexibility index (Phi) is 6.19. The number of ether oxygens (including phenoxy) is 1. The fourth-order valence-electron chi connectivity index (χ4n) is 4.11. The molecule has 9 nitrogen and oxygen atoms in total. The van der Waals surface area contributed by atoms with Crippen LogP contribution in [0, 0.1) is 6.92 Å². The minimum absolute atomic E-state index is 0.170. The van der Waals surface area contributed by atoms with Crippen LogP contribution in [0.3, 0.4) is 0 Å². The molecule has 0 saturated carbocycles. The highest BCUT2D eigenvalue weighted by Crippen LogP contribution is 2.49. The molecule has 0 amide bonds. The summed E-state index contributed by atoms with van der Waals surface area (Å²) in [6.07, 6.45) is -1.53. The van der Waals surface area contributed by atoms with E-state index < -0.39 is 27.6 Å². The lowest BCUT2D eigenvalue weighted by atomic mass is 9.97. The van der Waals surface area contributed by atoms with E-state index in [4.69, 9.17) is 9.88 Å². The predicted octanol–water partition coefficient (Wildman–Crippen LogP) is 2.56. The number of benzene rings is 1. The van der Waals surface area contributed by atoms with Gasteiger partial charge in [0.15, 0.2) is 5.37 Å². The largest absolute Gasteiger partial charge is 0.433 e. The van der Waals surface area contributed by atoms with Gasteiger partial charge in [0, 0.05) is 11.9 Å². The average Bonchev–Trinajstić information content (AvgIpc) is 2.99. The van der Waals surface area contributed by atoms with Gasteiger partial charge in [-0.15, -0.1) is 0 Å². The van der Waals surface area contributed by atoms with Gasteiger partial charge in [-0.2, -0.15) is 26.3 Å². The molecule has 1 fully saturated rings.